The Morgan fingerprint density at radius 1 is 1.33 bits per heavy atom. The smallest absolute Gasteiger partial charge is 0.0693 e. The molecule has 3 nitrogen and oxygen atoms in total. The van der Waals surface area contributed by atoms with Crippen LogP contribution in [-0.4, -0.2) is 60.3 Å². The molecule has 0 spiro atoms. The van der Waals surface area contributed by atoms with Crippen LogP contribution in [0.25, 0.3) is 0 Å². The molecule has 1 aliphatic rings. The number of hydrogen-bond acceptors (Lipinski definition) is 3. The van der Waals surface area contributed by atoms with Crippen molar-refractivity contribution in [2.45, 2.75) is 33.3 Å². The minimum absolute atomic E-state index is 0.115. The monoisotopic (exact) mass is 214 g/mol. The standard InChI is InChI=1S/C12H26N2O/c1-4-13(5-2)8-9-14-7-6-11(3)12(15)10-14/h11-12,15H,4-10H2,1-3H3/t11-,12+/m0/s1. The largest absolute Gasteiger partial charge is 0.392 e. The molecule has 15 heavy (non-hydrogen) atoms. The van der Waals surface area contributed by atoms with E-state index in [2.05, 4.69) is 30.6 Å². The molecule has 2 atom stereocenters. The van der Waals surface area contributed by atoms with Gasteiger partial charge in [0.1, 0.15) is 0 Å². The van der Waals surface area contributed by atoms with E-state index in [-0.39, 0.29) is 6.10 Å². The van der Waals surface area contributed by atoms with Gasteiger partial charge in [-0.2, -0.15) is 0 Å². The number of rotatable bonds is 5. The molecule has 1 fully saturated rings. The second-order valence-corrected chi connectivity index (χ2v) is 4.66. The third kappa shape index (κ3) is 4.09. The summed E-state index contributed by atoms with van der Waals surface area (Å²) in [6.07, 6.45) is 1.02. The van der Waals surface area contributed by atoms with Crippen molar-refractivity contribution in [1.29, 1.82) is 0 Å². The molecule has 0 radical (unpaired) electrons. The average molecular weight is 214 g/mol. The van der Waals surface area contributed by atoms with Crippen LogP contribution in [0.2, 0.25) is 0 Å². The number of likely N-dealkylation sites (N-methyl/N-ethyl adjacent to an activating group) is 1. The van der Waals surface area contributed by atoms with Crippen molar-refractivity contribution < 1.29 is 5.11 Å². The van der Waals surface area contributed by atoms with Gasteiger partial charge in [-0.1, -0.05) is 20.8 Å². The van der Waals surface area contributed by atoms with Gasteiger partial charge in [0, 0.05) is 19.6 Å². The van der Waals surface area contributed by atoms with Crippen LogP contribution in [0.15, 0.2) is 0 Å². The van der Waals surface area contributed by atoms with Crippen LogP contribution in [0.5, 0.6) is 0 Å². The lowest BCUT2D eigenvalue weighted by Gasteiger charge is -2.35. The van der Waals surface area contributed by atoms with Gasteiger partial charge in [0.05, 0.1) is 6.10 Å². The Bertz CT molecular complexity index is 171. The summed E-state index contributed by atoms with van der Waals surface area (Å²) in [5.74, 6) is 0.481. The lowest BCUT2D eigenvalue weighted by Crippen LogP contribution is -2.45. The van der Waals surface area contributed by atoms with Gasteiger partial charge in [-0.25, -0.2) is 0 Å². The maximum atomic E-state index is 9.77. The SMILES string of the molecule is CCN(CC)CCN1CC[C@H](C)[C@H](O)C1. The highest BCUT2D eigenvalue weighted by Crippen LogP contribution is 2.16. The minimum Gasteiger partial charge on any atom is -0.392 e. The van der Waals surface area contributed by atoms with Gasteiger partial charge in [-0.3, -0.25) is 4.90 Å². The first kappa shape index (κ1) is 12.9. The Labute approximate surface area is 94.1 Å². The number of aliphatic hydroxyl groups is 1. The molecule has 1 aliphatic heterocycles. The second-order valence-electron chi connectivity index (χ2n) is 4.66. The third-order valence-corrected chi connectivity index (χ3v) is 3.63. The summed E-state index contributed by atoms with van der Waals surface area (Å²) in [5.41, 5.74) is 0. The molecular formula is C12H26N2O. The van der Waals surface area contributed by atoms with E-state index in [0.29, 0.717) is 5.92 Å². The lowest BCUT2D eigenvalue weighted by atomic mass is 9.96. The Hall–Kier alpha value is -0.120. The molecule has 3 heteroatoms. The highest BCUT2D eigenvalue weighted by atomic mass is 16.3. The Balaban J connectivity index is 2.22. The molecule has 0 unspecified atom stereocenters. The van der Waals surface area contributed by atoms with E-state index in [1.54, 1.807) is 0 Å². The van der Waals surface area contributed by atoms with Crippen molar-refractivity contribution in [2.75, 3.05) is 39.3 Å². The molecule has 0 saturated carbocycles. The fourth-order valence-corrected chi connectivity index (χ4v) is 2.14. The quantitative estimate of drug-likeness (QED) is 0.740. The first-order valence-corrected chi connectivity index (χ1v) is 6.30. The van der Waals surface area contributed by atoms with Crippen LogP contribution < -0.4 is 0 Å². The van der Waals surface area contributed by atoms with Crippen LogP contribution in [0, 0.1) is 5.92 Å². The molecule has 0 bridgehead atoms. The fourth-order valence-electron chi connectivity index (χ4n) is 2.14. The average Bonchev–Trinajstić information content (AvgIpc) is 2.24. The van der Waals surface area contributed by atoms with Gasteiger partial charge >= 0.3 is 0 Å². The number of nitrogens with zero attached hydrogens (tertiary/aromatic N) is 2. The maximum Gasteiger partial charge on any atom is 0.0693 e. The van der Waals surface area contributed by atoms with Gasteiger partial charge in [0.2, 0.25) is 0 Å². The van der Waals surface area contributed by atoms with Crippen molar-refractivity contribution in [1.82, 2.24) is 9.80 Å². The number of hydrogen-bond donors (Lipinski definition) is 1. The summed E-state index contributed by atoms with van der Waals surface area (Å²) in [6.45, 7) is 13.1. The fraction of sp³-hybridized carbons (Fsp3) is 1.00. The van der Waals surface area contributed by atoms with Crippen LogP contribution in [0.3, 0.4) is 0 Å². The molecule has 1 N–H and O–H groups in total. The molecule has 0 aliphatic carbocycles. The first-order valence-electron chi connectivity index (χ1n) is 6.30. The molecule has 1 rings (SSSR count). The molecule has 0 aromatic carbocycles. The summed E-state index contributed by atoms with van der Waals surface area (Å²) in [6, 6.07) is 0. The van der Waals surface area contributed by atoms with Gasteiger partial charge in [-0.05, 0) is 32.0 Å². The number of β-amino-alcohol motifs (C(OH)–C–C–N with tert-alkyl or cyclic N) is 1. The predicted octanol–water partition coefficient (Wildman–Crippen LogP) is 1.03. The van der Waals surface area contributed by atoms with E-state index in [1.165, 1.54) is 0 Å². The summed E-state index contributed by atoms with van der Waals surface area (Å²) in [5, 5.41) is 9.77. The van der Waals surface area contributed by atoms with E-state index in [4.69, 9.17) is 0 Å². The number of piperidine rings is 1. The molecule has 0 aromatic rings. The van der Waals surface area contributed by atoms with Crippen molar-refractivity contribution in [3.05, 3.63) is 0 Å². The molecule has 90 valence electrons. The summed E-state index contributed by atoms with van der Waals surface area (Å²) in [4.78, 5) is 4.83. The van der Waals surface area contributed by atoms with Crippen molar-refractivity contribution in [3.63, 3.8) is 0 Å². The molecular weight excluding hydrogens is 188 g/mol. The minimum atomic E-state index is -0.115. The van der Waals surface area contributed by atoms with E-state index < -0.39 is 0 Å². The molecule has 1 saturated heterocycles. The Kier molecular flexibility index (Phi) is 5.58. The summed E-state index contributed by atoms with van der Waals surface area (Å²) < 4.78 is 0. The highest BCUT2D eigenvalue weighted by molar-refractivity contribution is 4.77. The van der Waals surface area contributed by atoms with Crippen LogP contribution >= 0.6 is 0 Å². The predicted molar refractivity (Wildman–Crippen MR) is 64.0 cm³/mol. The van der Waals surface area contributed by atoms with Gasteiger partial charge in [0.25, 0.3) is 0 Å². The summed E-state index contributed by atoms with van der Waals surface area (Å²) >= 11 is 0. The number of aliphatic hydroxyl groups excluding tert-OH is 1. The van der Waals surface area contributed by atoms with Gasteiger partial charge < -0.3 is 10.0 Å². The summed E-state index contributed by atoms with van der Waals surface area (Å²) in [7, 11) is 0. The highest BCUT2D eigenvalue weighted by Gasteiger charge is 2.23. The van der Waals surface area contributed by atoms with E-state index >= 15 is 0 Å². The zero-order chi connectivity index (χ0) is 11.3. The van der Waals surface area contributed by atoms with Crippen molar-refractivity contribution in [3.8, 4) is 0 Å². The zero-order valence-corrected chi connectivity index (χ0v) is 10.4. The molecule has 1 heterocycles. The van der Waals surface area contributed by atoms with E-state index in [9.17, 15) is 5.11 Å². The van der Waals surface area contributed by atoms with Crippen LogP contribution in [-0.2, 0) is 0 Å². The molecule has 0 aromatic heterocycles. The van der Waals surface area contributed by atoms with E-state index in [0.717, 1.165) is 45.7 Å². The van der Waals surface area contributed by atoms with Crippen molar-refractivity contribution >= 4 is 0 Å². The first-order chi connectivity index (χ1) is 7.17. The Morgan fingerprint density at radius 3 is 2.53 bits per heavy atom. The maximum absolute atomic E-state index is 9.77. The topological polar surface area (TPSA) is 26.7 Å². The third-order valence-electron chi connectivity index (χ3n) is 3.63. The van der Waals surface area contributed by atoms with Crippen molar-refractivity contribution in [2.24, 2.45) is 5.92 Å². The second kappa shape index (κ2) is 6.46. The van der Waals surface area contributed by atoms with Gasteiger partial charge in [0.15, 0.2) is 0 Å². The normalized spacial score (nSPS) is 28.6. The Morgan fingerprint density at radius 2 is 2.00 bits per heavy atom. The lowest BCUT2D eigenvalue weighted by molar-refractivity contribution is 0.0258. The van der Waals surface area contributed by atoms with Crippen LogP contribution in [0.4, 0.5) is 0 Å². The van der Waals surface area contributed by atoms with Gasteiger partial charge in [-0.15, -0.1) is 0 Å². The van der Waals surface area contributed by atoms with Crippen LogP contribution in [0.1, 0.15) is 27.2 Å². The number of likely N-dealkylation sites (tertiary alicyclic amines) is 1. The zero-order valence-electron chi connectivity index (χ0n) is 10.4. The molecule has 0 amide bonds. The van der Waals surface area contributed by atoms with E-state index in [1.807, 2.05) is 0 Å².